The van der Waals surface area contributed by atoms with Gasteiger partial charge in [-0.1, -0.05) is 28.1 Å². The highest BCUT2D eigenvalue weighted by atomic mass is 79.9. The Kier molecular flexibility index (Phi) is 9.21. The average Bonchev–Trinajstić information content (AvgIpc) is 2.79. The number of hydrogen-bond acceptors (Lipinski definition) is 6. The molecule has 10 heteroatoms. The van der Waals surface area contributed by atoms with Crippen molar-refractivity contribution in [1.29, 1.82) is 0 Å². The van der Waals surface area contributed by atoms with E-state index in [9.17, 15) is 13.2 Å². The largest absolute Gasteiger partial charge is 0.492 e. The number of ether oxygens (including phenoxy) is 2. The Labute approximate surface area is 195 Å². The molecular weight excluding hydrogens is 504 g/mol. The molecule has 2 aromatic rings. The zero-order valence-electron chi connectivity index (χ0n) is 17.0. The molecule has 2 aromatic carbocycles. The third-order valence-electron chi connectivity index (χ3n) is 4.54. The predicted molar refractivity (Wildman–Crippen MR) is 125 cm³/mol. The monoisotopic (exact) mass is 528 g/mol. The second kappa shape index (κ2) is 11.9. The van der Waals surface area contributed by atoms with Crippen LogP contribution in [-0.2, 0) is 25.3 Å². The van der Waals surface area contributed by atoms with Gasteiger partial charge in [-0.25, -0.2) is 8.42 Å². The molecule has 1 aliphatic rings. The average molecular weight is 529 g/mol. The summed E-state index contributed by atoms with van der Waals surface area (Å²) in [7, 11) is -3.51. The first-order chi connectivity index (χ1) is 14.9. The highest BCUT2D eigenvalue weighted by molar-refractivity contribution is 9.10. The summed E-state index contributed by atoms with van der Waals surface area (Å²) >= 11 is 4.96. The molecule has 1 aliphatic heterocycles. The minimum absolute atomic E-state index is 0.0438. The van der Waals surface area contributed by atoms with Crippen LogP contribution in [0.2, 0.25) is 0 Å². The number of carbonyl (C=O) groups excluding carboxylic acids is 1. The van der Waals surface area contributed by atoms with Crippen molar-refractivity contribution in [2.75, 3.05) is 45.2 Å². The van der Waals surface area contributed by atoms with Crippen molar-refractivity contribution >= 4 is 43.6 Å². The minimum Gasteiger partial charge on any atom is -0.492 e. The van der Waals surface area contributed by atoms with Gasteiger partial charge in [0.05, 0.1) is 30.4 Å². The summed E-state index contributed by atoms with van der Waals surface area (Å²) in [4.78, 5) is 12.2. The summed E-state index contributed by atoms with van der Waals surface area (Å²) in [5.74, 6) is 1.67. The number of halogens is 1. The lowest BCUT2D eigenvalue weighted by molar-refractivity contribution is -0.118. The van der Waals surface area contributed by atoms with Crippen LogP contribution in [0.5, 0.6) is 5.75 Å². The fourth-order valence-electron chi connectivity index (χ4n) is 2.90. The summed E-state index contributed by atoms with van der Waals surface area (Å²) in [6.07, 6.45) is 0. The minimum atomic E-state index is -3.51. The fraction of sp³-hybridized carbons (Fsp3) is 0.381. The first-order valence-electron chi connectivity index (χ1n) is 9.85. The molecule has 0 unspecified atom stereocenters. The third kappa shape index (κ3) is 7.50. The molecule has 7 nitrogen and oxygen atoms in total. The Bertz CT molecular complexity index is 947. The van der Waals surface area contributed by atoms with Gasteiger partial charge in [0.2, 0.25) is 15.9 Å². The van der Waals surface area contributed by atoms with Crippen molar-refractivity contribution in [2.45, 2.75) is 10.6 Å². The molecule has 1 fully saturated rings. The van der Waals surface area contributed by atoms with Crippen LogP contribution in [0.1, 0.15) is 5.56 Å². The molecule has 1 N–H and O–H groups in total. The smallest absolute Gasteiger partial charge is 0.243 e. The summed E-state index contributed by atoms with van der Waals surface area (Å²) in [5, 5.41) is 2.82. The normalized spacial score (nSPS) is 14.9. The Hall–Kier alpha value is -1.59. The van der Waals surface area contributed by atoms with Crippen LogP contribution in [0.3, 0.4) is 0 Å². The number of sulfonamides is 1. The Balaban J connectivity index is 1.34. The Morgan fingerprint density at radius 2 is 1.77 bits per heavy atom. The molecule has 168 valence electrons. The maximum absolute atomic E-state index is 12.6. The van der Waals surface area contributed by atoms with Crippen LogP contribution in [-0.4, -0.2) is 63.8 Å². The van der Waals surface area contributed by atoms with Gasteiger partial charge < -0.3 is 14.8 Å². The van der Waals surface area contributed by atoms with Gasteiger partial charge in [0.1, 0.15) is 12.4 Å². The number of hydrogen-bond donors (Lipinski definition) is 1. The zero-order chi connectivity index (χ0) is 22.1. The maximum atomic E-state index is 12.6. The van der Waals surface area contributed by atoms with Gasteiger partial charge in [0.25, 0.3) is 0 Å². The number of morpholine rings is 1. The van der Waals surface area contributed by atoms with Crippen molar-refractivity contribution in [3.8, 4) is 5.75 Å². The van der Waals surface area contributed by atoms with E-state index in [0.29, 0.717) is 51.0 Å². The number of nitrogens with one attached hydrogen (secondary N) is 1. The third-order valence-corrected chi connectivity index (χ3v) is 7.98. The van der Waals surface area contributed by atoms with E-state index in [-0.39, 0.29) is 10.8 Å². The number of carbonyl (C=O) groups is 1. The first-order valence-corrected chi connectivity index (χ1v) is 13.2. The SMILES string of the molecule is O=C(CSCc1ccc(Br)cc1)NCCOc1ccc(S(=O)(=O)N2CCOCC2)cc1. The number of amides is 1. The predicted octanol–water partition coefficient (Wildman–Crippen LogP) is 2.90. The quantitative estimate of drug-likeness (QED) is 0.477. The molecule has 3 rings (SSSR count). The summed E-state index contributed by atoms with van der Waals surface area (Å²) in [6, 6.07) is 14.4. The van der Waals surface area contributed by atoms with E-state index in [1.807, 2.05) is 24.3 Å². The molecule has 0 bridgehead atoms. The second-order valence-electron chi connectivity index (χ2n) is 6.81. The molecule has 1 amide bonds. The lowest BCUT2D eigenvalue weighted by Gasteiger charge is -2.26. The van der Waals surface area contributed by atoms with Crippen molar-refractivity contribution in [3.05, 3.63) is 58.6 Å². The van der Waals surface area contributed by atoms with Gasteiger partial charge in [-0.15, -0.1) is 11.8 Å². The van der Waals surface area contributed by atoms with E-state index in [4.69, 9.17) is 9.47 Å². The standard InChI is InChI=1S/C21H25BrN2O5S2/c22-18-3-1-17(2-4-18)15-30-16-21(25)23-9-12-29-19-5-7-20(8-6-19)31(26,27)24-10-13-28-14-11-24/h1-8H,9-16H2,(H,23,25). The van der Waals surface area contributed by atoms with E-state index in [2.05, 4.69) is 21.2 Å². The Morgan fingerprint density at radius 1 is 1.10 bits per heavy atom. The van der Waals surface area contributed by atoms with E-state index >= 15 is 0 Å². The lowest BCUT2D eigenvalue weighted by atomic mass is 10.2. The summed E-state index contributed by atoms with van der Waals surface area (Å²) in [6.45, 7) is 2.23. The van der Waals surface area contributed by atoms with Crippen LogP contribution in [0, 0.1) is 0 Å². The molecular formula is C21H25BrN2O5S2. The van der Waals surface area contributed by atoms with E-state index in [1.54, 1.807) is 23.9 Å². The maximum Gasteiger partial charge on any atom is 0.243 e. The van der Waals surface area contributed by atoms with Crippen LogP contribution in [0.25, 0.3) is 0 Å². The van der Waals surface area contributed by atoms with Gasteiger partial charge in [-0.2, -0.15) is 4.31 Å². The molecule has 31 heavy (non-hydrogen) atoms. The second-order valence-corrected chi connectivity index (χ2v) is 10.6. The molecule has 1 heterocycles. The van der Waals surface area contributed by atoms with Gasteiger partial charge >= 0.3 is 0 Å². The van der Waals surface area contributed by atoms with Crippen molar-refractivity contribution < 1.29 is 22.7 Å². The molecule has 0 atom stereocenters. The van der Waals surface area contributed by atoms with Crippen LogP contribution >= 0.6 is 27.7 Å². The number of nitrogens with zero attached hydrogens (tertiary/aromatic N) is 1. The van der Waals surface area contributed by atoms with Crippen molar-refractivity contribution in [2.24, 2.45) is 0 Å². The zero-order valence-corrected chi connectivity index (χ0v) is 20.2. The number of rotatable bonds is 10. The van der Waals surface area contributed by atoms with Crippen molar-refractivity contribution in [1.82, 2.24) is 9.62 Å². The lowest BCUT2D eigenvalue weighted by Crippen LogP contribution is -2.40. The van der Waals surface area contributed by atoms with Gasteiger partial charge in [-0.05, 0) is 42.0 Å². The van der Waals surface area contributed by atoms with Gasteiger partial charge in [-0.3, -0.25) is 4.79 Å². The molecule has 0 aliphatic carbocycles. The van der Waals surface area contributed by atoms with E-state index in [0.717, 1.165) is 10.2 Å². The van der Waals surface area contributed by atoms with Gasteiger partial charge in [0, 0.05) is 23.3 Å². The van der Waals surface area contributed by atoms with Crippen LogP contribution in [0.15, 0.2) is 57.9 Å². The fourth-order valence-corrected chi connectivity index (χ4v) is 5.39. The molecule has 0 radical (unpaired) electrons. The highest BCUT2D eigenvalue weighted by Gasteiger charge is 2.26. The molecule has 0 saturated carbocycles. The topological polar surface area (TPSA) is 84.9 Å². The molecule has 0 aromatic heterocycles. The molecule has 0 spiro atoms. The summed E-state index contributed by atoms with van der Waals surface area (Å²) < 4.78 is 38.5. The van der Waals surface area contributed by atoms with E-state index in [1.165, 1.54) is 22.0 Å². The van der Waals surface area contributed by atoms with Crippen LogP contribution < -0.4 is 10.1 Å². The van der Waals surface area contributed by atoms with E-state index < -0.39 is 10.0 Å². The molecule has 1 saturated heterocycles. The summed E-state index contributed by atoms with van der Waals surface area (Å²) in [5.41, 5.74) is 1.17. The Morgan fingerprint density at radius 3 is 2.45 bits per heavy atom. The first kappa shape index (κ1) is 24.1. The van der Waals surface area contributed by atoms with Crippen molar-refractivity contribution in [3.63, 3.8) is 0 Å². The number of thioether (sulfide) groups is 1. The number of benzene rings is 2. The highest BCUT2D eigenvalue weighted by Crippen LogP contribution is 2.20. The van der Waals surface area contributed by atoms with Crippen LogP contribution in [0.4, 0.5) is 0 Å². The van der Waals surface area contributed by atoms with Gasteiger partial charge in [0.15, 0.2) is 0 Å².